The number of halogens is 3. The molecule has 2 nitrogen and oxygen atoms in total. The Kier molecular flexibility index (Phi) is 8.44. The van der Waals surface area contributed by atoms with Crippen LogP contribution < -0.4 is 5.32 Å². The zero-order chi connectivity index (χ0) is 13.8. The van der Waals surface area contributed by atoms with Crippen LogP contribution in [0.15, 0.2) is 59.1 Å². The van der Waals surface area contributed by atoms with E-state index in [1.54, 1.807) is 0 Å². The fourth-order valence-corrected chi connectivity index (χ4v) is 3.32. The molecule has 5 heteroatoms. The van der Waals surface area contributed by atoms with Gasteiger partial charge in [-0.15, -0.1) is 24.8 Å². The molecule has 2 aromatic rings. The lowest BCUT2D eigenvalue weighted by atomic mass is 10.0. The second-order valence-corrected chi connectivity index (χ2v) is 6.10. The highest BCUT2D eigenvalue weighted by Crippen LogP contribution is 2.25. The van der Waals surface area contributed by atoms with Crippen LogP contribution in [0.4, 0.5) is 0 Å². The van der Waals surface area contributed by atoms with Gasteiger partial charge in [-0.2, -0.15) is 0 Å². The van der Waals surface area contributed by atoms with E-state index in [0.717, 1.165) is 26.2 Å². The third kappa shape index (κ3) is 4.97. The Labute approximate surface area is 153 Å². The minimum absolute atomic E-state index is 0. The van der Waals surface area contributed by atoms with E-state index in [4.69, 9.17) is 0 Å². The molecule has 1 aliphatic heterocycles. The average molecular weight is 404 g/mol. The van der Waals surface area contributed by atoms with Crippen LogP contribution in [0, 0.1) is 0 Å². The second-order valence-electron chi connectivity index (χ2n) is 5.25. The van der Waals surface area contributed by atoms with Crippen molar-refractivity contribution in [2.45, 2.75) is 12.6 Å². The molecule has 0 amide bonds. The van der Waals surface area contributed by atoms with Crippen LogP contribution in [-0.4, -0.2) is 24.5 Å². The van der Waals surface area contributed by atoms with Crippen LogP contribution in [0.1, 0.15) is 17.2 Å². The summed E-state index contributed by atoms with van der Waals surface area (Å²) in [5.74, 6) is 0. The third-order valence-corrected chi connectivity index (χ3v) is 4.51. The van der Waals surface area contributed by atoms with E-state index < -0.39 is 0 Å². The Bertz CT molecular complexity index is 566. The van der Waals surface area contributed by atoms with E-state index in [1.807, 2.05) is 0 Å². The van der Waals surface area contributed by atoms with Crippen LogP contribution in [0.3, 0.4) is 0 Å². The first-order valence-corrected chi connectivity index (χ1v) is 7.86. The summed E-state index contributed by atoms with van der Waals surface area (Å²) in [7, 11) is 0. The molecule has 1 heterocycles. The molecule has 0 aromatic heterocycles. The van der Waals surface area contributed by atoms with Crippen molar-refractivity contribution in [2.75, 3.05) is 19.6 Å². The maximum absolute atomic E-state index is 3.66. The largest absolute Gasteiger partial charge is 0.308 e. The van der Waals surface area contributed by atoms with Crippen molar-refractivity contribution >= 4 is 40.7 Å². The van der Waals surface area contributed by atoms with Crippen molar-refractivity contribution in [3.8, 4) is 0 Å². The van der Waals surface area contributed by atoms with Gasteiger partial charge in [0.05, 0.1) is 0 Å². The number of nitrogens with zero attached hydrogens (tertiary/aromatic N) is 1. The first kappa shape index (κ1) is 19.5. The molecule has 1 unspecified atom stereocenters. The van der Waals surface area contributed by atoms with Crippen molar-refractivity contribution in [3.63, 3.8) is 0 Å². The Morgan fingerprint density at radius 1 is 1.00 bits per heavy atom. The molecule has 0 spiro atoms. The standard InChI is InChI=1S/C17H19BrN2.2ClH/c18-16-9-5-4-8-15(16)17-13-20(11-10-19-17)12-14-6-2-1-3-7-14;;/h1-9,17,19H,10-13H2;2*1H. The summed E-state index contributed by atoms with van der Waals surface area (Å²) >= 11 is 3.66. The highest BCUT2D eigenvalue weighted by molar-refractivity contribution is 9.10. The zero-order valence-corrected chi connectivity index (χ0v) is 15.5. The van der Waals surface area contributed by atoms with Gasteiger partial charge in [0.1, 0.15) is 0 Å². The molecule has 1 atom stereocenters. The van der Waals surface area contributed by atoms with E-state index in [1.165, 1.54) is 15.6 Å². The molecule has 1 fully saturated rings. The number of nitrogens with one attached hydrogen (secondary N) is 1. The maximum atomic E-state index is 3.66. The highest BCUT2D eigenvalue weighted by Gasteiger charge is 2.21. The quantitative estimate of drug-likeness (QED) is 0.814. The van der Waals surface area contributed by atoms with Crippen molar-refractivity contribution in [1.82, 2.24) is 10.2 Å². The van der Waals surface area contributed by atoms with E-state index >= 15 is 0 Å². The van der Waals surface area contributed by atoms with Gasteiger partial charge in [0.2, 0.25) is 0 Å². The lowest BCUT2D eigenvalue weighted by Gasteiger charge is -2.34. The highest BCUT2D eigenvalue weighted by atomic mass is 79.9. The summed E-state index contributed by atoms with van der Waals surface area (Å²) in [6, 6.07) is 19.6. The van der Waals surface area contributed by atoms with Gasteiger partial charge in [-0.05, 0) is 17.2 Å². The Morgan fingerprint density at radius 3 is 2.41 bits per heavy atom. The summed E-state index contributed by atoms with van der Waals surface area (Å²) < 4.78 is 1.19. The predicted molar refractivity (Wildman–Crippen MR) is 101 cm³/mol. The van der Waals surface area contributed by atoms with Gasteiger partial charge in [0, 0.05) is 36.7 Å². The SMILES string of the molecule is Brc1ccccc1C1CN(Cc2ccccc2)CCN1.Cl.Cl. The molecule has 2 aromatic carbocycles. The fourth-order valence-electron chi connectivity index (χ4n) is 2.76. The van der Waals surface area contributed by atoms with Crippen molar-refractivity contribution in [3.05, 3.63) is 70.2 Å². The second kappa shape index (κ2) is 9.53. The number of hydrogen-bond donors (Lipinski definition) is 1. The zero-order valence-electron chi connectivity index (χ0n) is 12.2. The molecule has 3 rings (SSSR count). The van der Waals surface area contributed by atoms with Gasteiger partial charge in [0.25, 0.3) is 0 Å². The molecule has 0 bridgehead atoms. The van der Waals surface area contributed by atoms with E-state index in [-0.39, 0.29) is 24.8 Å². The van der Waals surface area contributed by atoms with Crippen molar-refractivity contribution in [1.29, 1.82) is 0 Å². The molecule has 120 valence electrons. The summed E-state index contributed by atoms with van der Waals surface area (Å²) in [4.78, 5) is 2.52. The topological polar surface area (TPSA) is 15.3 Å². The average Bonchev–Trinajstić information content (AvgIpc) is 2.49. The van der Waals surface area contributed by atoms with Gasteiger partial charge < -0.3 is 5.32 Å². The lowest BCUT2D eigenvalue weighted by molar-refractivity contribution is 0.193. The van der Waals surface area contributed by atoms with Crippen LogP contribution >= 0.6 is 40.7 Å². The smallest absolute Gasteiger partial charge is 0.0461 e. The molecular weight excluding hydrogens is 383 g/mol. The third-order valence-electron chi connectivity index (χ3n) is 3.79. The minimum Gasteiger partial charge on any atom is -0.308 e. The van der Waals surface area contributed by atoms with Crippen LogP contribution in [0.25, 0.3) is 0 Å². The summed E-state index contributed by atoms with van der Waals surface area (Å²) in [6.45, 7) is 4.23. The number of piperazine rings is 1. The Balaban J connectivity index is 0.00000121. The number of rotatable bonds is 3. The van der Waals surface area contributed by atoms with Gasteiger partial charge in [0.15, 0.2) is 0 Å². The van der Waals surface area contributed by atoms with Crippen molar-refractivity contribution in [2.24, 2.45) is 0 Å². The summed E-state index contributed by atoms with van der Waals surface area (Å²) in [5.41, 5.74) is 2.74. The maximum Gasteiger partial charge on any atom is 0.0461 e. The Morgan fingerprint density at radius 2 is 1.68 bits per heavy atom. The lowest BCUT2D eigenvalue weighted by Crippen LogP contribution is -2.45. The molecule has 22 heavy (non-hydrogen) atoms. The predicted octanol–water partition coefficient (Wildman–Crippen LogP) is 4.44. The van der Waals surface area contributed by atoms with E-state index in [2.05, 4.69) is 80.7 Å². The molecule has 1 saturated heterocycles. The summed E-state index contributed by atoms with van der Waals surface area (Å²) in [5, 5.41) is 3.62. The first-order valence-electron chi connectivity index (χ1n) is 7.07. The van der Waals surface area contributed by atoms with Crippen LogP contribution in [-0.2, 0) is 6.54 Å². The van der Waals surface area contributed by atoms with Crippen LogP contribution in [0.5, 0.6) is 0 Å². The molecular formula is C17H21BrCl2N2. The number of benzene rings is 2. The van der Waals surface area contributed by atoms with Gasteiger partial charge >= 0.3 is 0 Å². The monoisotopic (exact) mass is 402 g/mol. The van der Waals surface area contributed by atoms with E-state index in [0.29, 0.717) is 6.04 Å². The minimum atomic E-state index is 0. The van der Waals surface area contributed by atoms with Gasteiger partial charge in [-0.3, -0.25) is 4.90 Å². The molecule has 0 saturated carbocycles. The first-order chi connectivity index (χ1) is 9.83. The van der Waals surface area contributed by atoms with E-state index in [9.17, 15) is 0 Å². The Hall–Kier alpha value is -0.580. The molecule has 1 aliphatic rings. The van der Waals surface area contributed by atoms with Crippen LogP contribution in [0.2, 0.25) is 0 Å². The number of hydrogen-bond acceptors (Lipinski definition) is 2. The van der Waals surface area contributed by atoms with Crippen molar-refractivity contribution < 1.29 is 0 Å². The summed E-state index contributed by atoms with van der Waals surface area (Å²) in [6.07, 6.45) is 0. The molecule has 0 radical (unpaired) electrons. The van der Waals surface area contributed by atoms with Gasteiger partial charge in [-0.25, -0.2) is 0 Å². The fraction of sp³-hybridized carbons (Fsp3) is 0.294. The normalized spacial score (nSPS) is 18.1. The molecule has 1 N–H and O–H groups in total. The molecule has 0 aliphatic carbocycles. The van der Waals surface area contributed by atoms with Gasteiger partial charge in [-0.1, -0.05) is 64.5 Å².